The lowest BCUT2D eigenvalue weighted by atomic mass is 9.89. The van der Waals surface area contributed by atoms with Crippen LogP contribution in [-0.2, 0) is 19.9 Å². The van der Waals surface area contributed by atoms with Crippen molar-refractivity contribution in [3.63, 3.8) is 0 Å². The van der Waals surface area contributed by atoms with Gasteiger partial charge in [-0.1, -0.05) is 0 Å². The SMILES string of the molecule is Cn1c2c(c3ccc(O)cc31)CCc1cc(O)ccc1-2. The summed E-state index contributed by atoms with van der Waals surface area (Å²) in [7, 11) is 2.03. The Morgan fingerprint density at radius 3 is 2.55 bits per heavy atom. The van der Waals surface area contributed by atoms with Crippen LogP contribution < -0.4 is 0 Å². The molecular formula is C17H15NO2. The minimum atomic E-state index is 0.293. The second kappa shape index (κ2) is 3.79. The molecule has 1 aliphatic carbocycles. The molecule has 2 aromatic carbocycles. The average molecular weight is 265 g/mol. The lowest BCUT2D eigenvalue weighted by Gasteiger charge is -2.18. The molecule has 1 aliphatic rings. The Hall–Kier alpha value is -2.42. The summed E-state index contributed by atoms with van der Waals surface area (Å²) >= 11 is 0. The number of phenols is 2. The van der Waals surface area contributed by atoms with Gasteiger partial charge >= 0.3 is 0 Å². The lowest BCUT2D eigenvalue weighted by Crippen LogP contribution is -2.05. The molecule has 1 heterocycles. The zero-order chi connectivity index (χ0) is 13.9. The van der Waals surface area contributed by atoms with Crippen LogP contribution in [0.3, 0.4) is 0 Å². The van der Waals surface area contributed by atoms with Gasteiger partial charge in [0.05, 0.1) is 11.2 Å². The van der Waals surface area contributed by atoms with Gasteiger partial charge in [0.1, 0.15) is 11.5 Å². The van der Waals surface area contributed by atoms with Gasteiger partial charge in [-0.3, -0.25) is 0 Å². The Kier molecular flexibility index (Phi) is 2.16. The standard InChI is InChI=1S/C17H15NO2/c1-18-16-9-12(20)4-7-14(16)15-5-2-10-8-11(19)3-6-13(10)17(15)18/h3-4,6-9,19-20H,2,5H2,1H3. The van der Waals surface area contributed by atoms with Crippen molar-refractivity contribution in [2.24, 2.45) is 7.05 Å². The molecule has 3 nitrogen and oxygen atoms in total. The first kappa shape index (κ1) is 11.4. The fraction of sp³-hybridized carbons (Fsp3) is 0.176. The summed E-state index contributed by atoms with van der Waals surface area (Å²) in [5.41, 5.74) is 5.96. The molecule has 0 saturated heterocycles. The zero-order valence-corrected chi connectivity index (χ0v) is 11.2. The maximum absolute atomic E-state index is 9.70. The summed E-state index contributed by atoms with van der Waals surface area (Å²) in [5, 5.41) is 20.6. The van der Waals surface area contributed by atoms with Gasteiger partial charge in [-0.2, -0.15) is 0 Å². The van der Waals surface area contributed by atoms with Gasteiger partial charge in [0.2, 0.25) is 0 Å². The highest BCUT2D eigenvalue weighted by atomic mass is 16.3. The number of nitrogens with zero attached hydrogens (tertiary/aromatic N) is 1. The van der Waals surface area contributed by atoms with Crippen molar-refractivity contribution in [1.82, 2.24) is 4.57 Å². The van der Waals surface area contributed by atoms with E-state index in [1.165, 1.54) is 27.8 Å². The Balaban J connectivity index is 2.10. The van der Waals surface area contributed by atoms with Crippen LogP contribution in [0.15, 0.2) is 36.4 Å². The minimum absolute atomic E-state index is 0.293. The third-order valence-electron chi connectivity index (χ3n) is 4.28. The maximum atomic E-state index is 9.70. The first-order chi connectivity index (χ1) is 9.65. The molecule has 0 unspecified atom stereocenters. The molecule has 1 aromatic heterocycles. The average Bonchev–Trinajstić information content (AvgIpc) is 2.72. The molecular weight excluding hydrogens is 250 g/mol. The predicted octanol–water partition coefficient (Wildman–Crippen LogP) is 3.36. The van der Waals surface area contributed by atoms with Crippen LogP contribution in [0.4, 0.5) is 0 Å². The number of aromatic nitrogens is 1. The summed E-state index contributed by atoms with van der Waals surface area (Å²) in [6.45, 7) is 0. The van der Waals surface area contributed by atoms with E-state index in [2.05, 4.69) is 4.57 Å². The number of phenolic OH excluding ortho intramolecular Hbond substituents is 2. The number of hydrogen-bond donors (Lipinski definition) is 2. The van der Waals surface area contributed by atoms with E-state index in [1.54, 1.807) is 12.1 Å². The van der Waals surface area contributed by atoms with Crippen LogP contribution in [0.5, 0.6) is 11.5 Å². The van der Waals surface area contributed by atoms with Crippen molar-refractivity contribution < 1.29 is 10.2 Å². The molecule has 3 aromatic rings. The second-order valence-electron chi connectivity index (χ2n) is 5.43. The highest BCUT2D eigenvalue weighted by Gasteiger charge is 2.23. The van der Waals surface area contributed by atoms with Crippen molar-refractivity contribution in [3.8, 4) is 22.8 Å². The molecule has 4 rings (SSSR count). The summed E-state index contributed by atoms with van der Waals surface area (Å²) in [4.78, 5) is 0. The van der Waals surface area contributed by atoms with Crippen molar-refractivity contribution in [2.75, 3.05) is 0 Å². The number of benzene rings is 2. The van der Waals surface area contributed by atoms with E-state index in [-0.39, 0.29) is 0 Å². The highest BCUT2D eigenvalue weighted by molar-refractivity contribution is 5.94. The normalized spacial score (nSPS) is 13.2. The van der Waals surface area contributed by atoms with Gasteiger partial charge in [0, 0.05) is 24.1 Å². The first-order valence-corrected chi connectivity index (χ1v) is 6.77. The number of fused-ring (bicyclic) bond motifs is 5. The summed E-state index contributed by atoms with van der Waals surface area (Å²) in [6.07, 6.45) is 1.91. The monoisotopic (exact) mass is 265 g/mol. The van der Waals surface area contributed by atoms with Gasteiger partial charge in [-0.25, -0.2) is 0 Å². The molecule has 0 spiro atoms. The van der Waals surface area contributed by atoms with E-state index in [0.717, 1.165) is 18.4 Å². The number of aromatic hydroxyl groups is 2. The van der Waals surface area contributed by atoms with E-state index in [0.29, 0.717) is 11.5 Å². The number of rotatable bonds is 0. The maximum Gasteiger partial charge on any atom is 0.117 e. The highest BCUT2D eigenvalue weighted by Crippen LogP contribution is 2.41. The van der Waals surface area contributed by atoms with Gasteiger partial charge < -0.3 is 14.8 Å². The summed E-state index contributed by atoms with van der Waals surface area (Å²) in [5.74, 6) is 0.616. The van der Waals surface area contributed by atoms with E-state index >= 15 is 0 Å². The Morgan fingerprint density at radius 2 is 1.70 bits per heavy atom. The third kappa shape index (κ3) is 1.40. The van der Waals surface area contributed by atoms with Gasteiger partial charge in [0.15, 0.2) is 0 Å². The van der Waals surface area contributed by atoms with Crippen LogP contribution in [0.25, 0.3) is 22.2 Å². The summed E-state index contributed by atoms with van der Waals surface area (Å²) in [6, 6.07) is 11.1. The Morgan fingerprint density at radius 1 is 0.950 bits per heavy atom. The molecule has 0 saturated carbocycles. The van der Waals surface area contributed by atoms with Crippen LogP contribution in [0.1, 0.15) is 11.1 Å². The molecule has 2 N–H and O–H groups in total. The van der Waals surface area contributed by atoms with Crippen molar-refractivity contribution in [2.45, 2.75) is 12.8 Å². The van der Waals surface area contributed by atoms with Gasteiger partial charge in [-0.05, 0) is 54.3 Å². The molecule has 0 aliphatic heterocycles. The quantitative estimate of drug-likeness (QED) is 0.654. The second-order valence-corrected chi connectivity index (χ2v) is 5.43. The smallest absolute Gasteiger partial charge is 0.117 e. The van der Waals surface area contributed by atoms with E-state index in [9.17, 15) is 10.2 Å². The fourth-order valence-corrected chi connectivity index (χ4v) is 3.38. The fourth-order valence-electron chi connectivity index (χ4n) is 3.38. The molecule has 3 heteroatoms. The Labute approximate surface area is 116 Å². The van der Waals surface area contributed by atoms with Crippen LogP contribution in [0.2, 0.25) is 0 Å². The van der Waals surface area contributed by atoms with Crippen LogP contribution in [-0.4, -0.2) is 14.8 Å². The van der Waals surface area contributed by atoms with Crippen molar-refractivity contribution in [3.05, 3.63) is 47.5 Å². The van der Waals surface area contributed by atoms with Crippen LogP contribution in [0, 0.1) is 0 Å². The summed E-state index contributed by atoms with van der Waals surface area (Å²) < 4.78 is 2.14. The molecule has 0 atom stereocenters. The van der Waals surface area contributed by atoms with E-state index < -0.39 is 0 Å². The molecule has 0 bridgehead atoms. The van der Waals surface area contributed by atoms with Crippen molar-refractivity contribution >= 4 is 10.9 Å². The molecule has 0 amide bonds. The Bertz CT molecular complexity index is 846. The lowest BCUT2D eigenvalue weighted by molar-refractivity contribution is 0.474. The molecule has 100 valence electrons. The van der Waals surface area contributed by atoms with Gasteiger partial charge in [-0.15, -0.1) is 0 Å². The predicted molar refractivity (Wildman–Crippen MR) is 79.1 cm³/mol. The zero-order valence-electron chi connectivity index (χ0n) is 11.2. The third-order valence-corrected chi connectivity index (χ3v) is 4.28. The molecule has 20 heavy (non-hydrogen) atoms. The van der Waals surface area contributed by atoms with E-state index in [1.807, 2.05) is 31.3 Å². The first-order valence-electron chi connectivity index (χ1n) is 6.77. The molecule has 0 radical (unpaired) electrons. The minimum Gasteiger partial charge on any atom is -0.508 e. The topological polar surface area (TPSA) is 45.4 Å². The van der Waals surface area contributed by atoms with Crippen LogP contribution >= 0.6 is 0 Å². The van der Waals surface area contributed by atoms with Crippen molar-refractivity contribution in [1.29, 1.82) is 0 Å². The van der Waals surface area contributed by atoms with E-state index in [4.69, 9.17) is 0 Å². The number of hydrogen-bond acceptors (Lipinski definition) is 2. The number of aryl methyl sites for hydroxylation is 3. The molecule has 0 fully saturated rings. The van der Waals surface area contributed by atoms with Gasteiger partial charge in [0.25, 0.3) is 0 Å². The largest absolute Gasteiger partial charge is 0.508 e.